The first-order valence-electron chi connectivity index (χ1n) is 10.9. The molecule has 10 heteroatoms. The molecule has 0 bridgehead atoms. The van der Waals surface area contributed by atoms with Crippen LogP contribution in [0.3, 0.4) is 0 Å². The fourth-order valence-electron chi connectivity index (χ4n) is 3.89. The van der Waals surface area contributed by atoms with Gasteiger partial charge in [-0.1, -0.05) is 30.3 Å². The van der Waals surface area contributed by atoms with E-state index in [-0.39, 0.29) is 29.3 Å². The number of hydrogen-bond donors (Lipinski definition) is 1. The number of carboxylic acids is 1. The summed E-state index contributed by atoms with van der Waals surface area (Å²) in [6, 6.07) is 17.0. The number of carboxylic acid groups (broad SMARTS) is 1. The van der Waals surface area contributed by atoms with Crippen LogP contribution < -0.4 is 4.74 Å². The van der Waals surface area contributed by atoms with Crippen molar-refractivity contribution in [3.63, 3.8) is 0 Å². The second kappa shape index (κ2) is 9.68. The van der Waals surface area contributed by atoms with Gasteiger partial charge in [0.05, 0.1) is 22.4 Å². The number of ether oxygens (including phenoxy) is 1. The number of aromatic carboxylic acids is 1. The minimum atomic E-state index is -4.85. The fourth-order valence-corrected chi connectivity index (χ4v) is 3.89. The Hall–Kier alpha value is -4.21. The Labute approximate surface area is 207 Å². The van der Waals surface area contributed by atoms with Gasteiger partial charge in [-0.15, -0.1) is 0 Å². The summed E-state index contributed by atoms with van der Waals surface area (Å²) in [5.74, 6) is -1.51. The molecular weight excluding hydrogens is 500 g/mol. The number of hydrogen-bond acceptors (Lipinski definition) is 2. The number of halogens is 6. The van der Waals surface area contributed by atoms with Gasteiger partial charge in [-0.3, -0.25) is 0 Å². The van der Waals surface area contributed by atoms with Gasteiger partial charge in [0.1, 0.15) is 12.4 Å². The lowest BCUT2D eigenvalue weighted by Gasteiger charge is -2.19. The molecule has 0 fully saturated rings. The van der Waals surface area contributed by atoms with Gasteiger partial charge in [-0.25, -0.2) is 4.79 Å². The van der Waals surface area contributed by atoms with Crippen molar-refractivity contribution in [1.82, 2.24) is 4.57 Å². The fraction of sp³-hybridized carbons (Fsp3) is 0.148. The summed E-state index contributed by atoms with van der Waals surface area (Å²) in [5, 5.41) is 9.38. The number of aryl methyl sites for hydroxylation is 1. The molecule has 0 saturated carbocycles. The average molecular weight is 519 g/mol. The van der Waals surface area contributed by atoms with Gasteiger partial charge in [-0.2, -0.15) is 26.3 Å². The zero-order chi connectivity index (χ0) is 27.0. The number of alkyl halides is 6. The maximum atomic E-state index is 13.6. The first kappa shape index (κ1) is 25.9. The highest BCUT2D eigenvalue weighted by Gasteiger charge is 2.33. The molecule has 0 amide bonds. The third kappa shape index (κ3) is 5.63. The molecule has 1 N–H and O–H groups in total. The maximum Gasteiger partial charge on any atom is 0.416 e. The number of benzene rings is 3. The number of rotatable bonds is 6. The third-order valence-electron chi connectivity index (χ3n) is 5.65. The van der Waals surface area contributed by atoms with Gasteiger partial charge in [0.2, 0.25) is 0 Å². The zero-order valence-electron chi connectivity index (χ0n) is 19.2. The number of carbonyl (C=O) groups is 1. The molecule has 0 saturated heterocycles. The Morgan fingerprint density at radius 1 is 0.838 bits per heavy atom. The van der Waals surface area contributed by atoms with Crippen LogP contribution in [-0.2, 0) is 19.0 Å². The van der Waals surface area contributed by atoms with E-state index < -0.39 is 35.0 Å². The Morgan fingerprint density at radius 2 is 1.51 bits per heavy atom. The van der Waals surface area contributed by atoms with Crippen LogP contribution in [-0.4, -0.2) is 15.6 Å². The smallest absolute Gasteiger partial charge is 0.416 e. The molecule has 192 valence electrons. The predicted octanol–water partition coefficient (Wildman–Crippen LogP) is 7.77. The summed E-state index contributed by atoms with van der Waals surface area (Å²) in [4.78, 5) is 11.5. The van der Waals surface area contributed by atoms with Gasteiger partial charge in [0.15, 0.2) is 0 Å². The molecule has 3 aromatic carbocycles. The molecule has 1 heterocycles. The molecule has 0 aliphatic carbocycles. The molecule has 0 spiro atoms. The SMILES string of the molecule is Cc1ccc(-c2cc(C(F)(F)F)ccc2OCc2ccccc2)n1-c1cc(C(=O)O)cc(C(F)(F)F)c1. The minimum absolute atomic E-state index is 0.0202. The molecule has 1 aromatic heterocycles. The highest BCUT2D eigenvalue weighted by Crippen LogP contribution is 2.40. The largest absolute Gasteiger partial charge is 0.488 e. The third-order valence-corrected chi connectivity index (χ3v) is 5.65. The first-order chi connectivity index (χ1) is 17.3. The van der Waals surface area contributed by atoms with Crippen molar-refractivity contribution >= 4 is 5.97 Å². The second-order valence-corrected chi connectivity index (χ2v) is 8.25. The summed E-state index contributed by atoms with van der Waals surface area (Å²) < 4.78 is 88.5. The van der Waals surface area contributed by atoms with E-state index in [0.29, 0.717) is 11.8 Å². The van der Waals surface area contributed by atoms with Gasteiger partial charge < -0.3 is 14.4 Å². The maximum absolute atomic E-state index is 13.6. The van der Waals surface area contributed by atoms with Crippen LogP contribution in [0.4, 0.5) is 26.3 Å². The van der Waals surface area contributed by atoms with Crippen molar-refractivity contribution in [3.05, 3.63) is 107 Å². The van der Waals surface area contributed by atoms with Crippen LogP contribution in [0.15, 0.2) is 78.9 Å². The highest BCUT2D eigenvalue weighted by atomic mass is 19.4. The van der Waals surface area contributed by atoms with E-state index in [0.717, 1.165) is 35.9 Å². The van der Waals surface area contributed by atoms with Crippen molar-refractivity contribution < 1.29 is 41.0 Å². The quantitative estimate of drug-likeness (QED) is 0.265. The van der Waals surface area contributed by atoms with Crippen molar-refractivity contribution in [2.45, 2.75) is 25.9 Å². The minimum Gasteiger partial charge on any atom is -0.488 e. The summed E-state index contributed by atoms with van der Waals surface area (Å²) >= 11 is 0. The van der Waals surface area contributed by atoms with E-state index in [2.05, 4.69) is 0 Å². The van der Waals surface area contributed by atoms with Crippen LogP contribution in [0.5, 0.6) is 5.75 Å². The number of nitrogens with zero attached hydrogens (tertiary/aromatic N) is 1. The van der Waals surface area contributed by atoms with Crippen LogP contribution in [0.25, 0.3) is 16.9 Å². The molecule has 0 aliphatic rings. The monoisotopic (exact) mass is 519 g/mol. The van der Waals surface area contributed by atoms with E-state index in [4.69, 9.17) is 4.74 Å². The lowest BCUT2D eigenvalue weighted by molar-refractivity contribution is -0.138. The summed E-state index contributed by atoms with van der Waals surface area (Å²) in [6.45, 7) is 1.58. The molecule has 37 heavy (non-hydrogen) atoms. The van der Waals surface area contributed by atoms with E-state index in [1.165, 1.54) is 16.7 Å². The molecule has 0 atom stereocenters. The van der Waals surface area contributed by atoms with Crippen molar-refractivity contribution in [3.8, 4) is 22.7 Å². The first-order valence-corrected chi connectivity index (χ1v) is 10.9. The average Bonchev–Trinajstić information content (AvgIpc) is 3.23. The topological polar surface area (TPSA) is 51.5 Å². The molecule has 4 nitrogen and oxygen atoms in total. The summed E-state index contributed by atoms with van der Waals surface area (Å²) in [6.07, 6.45) is -9.53. The van der Waals surface area contributed by atoms with Crippen molar-refractivity contribution in [1.29, 1.82) is 0 Å². The Bertz CT molecular complexity index is 1440. The Morgan fingerprint density at radius 3 is 2.14 bits per heavy atom. The van der Waals surface area contributed by atoms with Crippen LogP contribution in [0, 0.1) is 6.92 Å². The van der Waals surface area contributed by atoms with Gasteiger partial charge in [0, 0.05) is 16.9 Å². The van der Waals surface area contributed by atoms with Gasteiger partial charge >= 0.3 is 18.3 Å². The normalized spacial score (nSPS) is 12.0. The second-order valence-electron chi connectivity index (χ2n) is 8.25. The molecule has 0 aliphatic heterocycles. The van der Waals surface area contributed by atoms with E-state index in [1.807, 2.05) is 0 Å². The molecule has 4 rings (SSSR count). The number of aromatic nitrogens is 1. The van der Waals surface area contributed by atoms with Gasteiger partial charge in [-0.05, 0) is 61.0 Å². The van der Waals surface area contributed by atoms with Crippen LogP contribution >= 0.6 is 0 Å². The van der Waals surface area contributed by atoms with E-state index >= 15 is 0 Å². The van der Waals surface area contributed by atoms with E-state index in [1.54, 1.807) is 37.3 Å². The highest BCUT2D eigenvalue weighted by molar-refractivity contribution is 5.89. The summed E-state index contributed by atoms with van der Waals surface area (Å²) in [7, 11) is 0. The van der Waals surface area contributed by atoms with Crippen LogP contribution in [0.2, 0.25) is 0 Å². The molecule has 0 unspecified atom stereocenters. The molecule has 4 aromatic rings. The lowest BCUT2D eigenvalue weighted by atomic mass is 10.0. The zero-order valence-corrected chi connectivity index (χ0v) is 19.2. The van der Waals surface area contributed by atoms with Gasteiger partial charge in [0.25, 0.3) is 0 Å². The molecule has 0 radical (unpaired) electrons. The standard InChI is InChI=1S/C27H19F6NO3/c1-16-7-9-23(34(16)21-12-18(25(35)36)11-20(13-21)27(31,32)33)22-14-19(26(28,29)30)8-10-24(22)37-15-17-5-3-2-4-6-17/h2-14H,15H2,1H3,(H,35,36). The van der Waals surface area contributed by atoms with E-state index in [9.17, 15) is 36.2 Å². The lowest BCUT2D eigenvalue weighted by Crippen LogP contribution is -2.11. The van der Waals surface area contributed by atoms with Crippen molar-refractivity contribution in [2.24, 2.45) is 0 Å². The Balaban J connectivity index is 1.90. The molecular formula is C27H19F6NO3. The van der Waals surface area contributed by atoms with Crippen molar-refractivity contribution in [2.75, 3.05) is 0 Å². The summed E-state index contributed by atoms with van der Waals surface area (Å²) in [5.41, 5.74) is -1.76. The Kier molecular flexibility index (Phi) is 6.77. The van der Waals surface area contributed by atoms with Crippen LogP contribution in [0.1, 0.15) is 32.7 Å². The predicted molar refractivity (Wildman–Crippen MR) is 124 cm³/mol.